The van der Waals surface area contributed by atoms with Crippen molar-refractivity contribution < 1.29 is 9.53 Å². The molecule has 4 rings (SSSR count). The zero-order valence-corrected chi connectivity index (χ0v) is 16.0. The maximum atomic E-state index is 12.7. The number of azo groups is 1. The van der Waals surface area contributed by atoms with E-state index in [0.717, 1.165) is 29.9 Å². The molecule has 7 heteroatoms. The van der Waals surface area contributed by atoms with Gasteiger partial charge in [-0.05, 0) is 24.1 Å². The molecule has 28 heavy (non-hydrogen) atoms. The lowest BCUT2D eigenvalue weighted by atomic mass is 10.0. The molecule has 0 radical (unpaired) electrons. The van der Waals surface area contributed by atoms with E-state index in [-0.39, 0.29) is 12.1 Å². The number of nitrogens with zero attached hydrogens (tertiary/aromatic N) is 4. The second-order valence-corrected chi connectivity index (χ2v) is 6.88. The van der Waals surface area contributed by atoms with E-state index in [1.807, 2.05) is 25.1 Å². The van der Waals surface area contributed by atoms with E-state index in [4.69, 9.17) is 4.74 Å². The van der Waals surface area contributed by atoms with Gasteiger partial charge in [-0.1, -0.05) is 36.4 Å². The minimum absolute atomic E-state index is 0.0840. The molecule has 0 bridgehead atoms. The molecule has 1 unspecified atom stereocenters. The minimum Gasteiger partial charge on any atom is -0.379 e. The van der Waals surface area contributed by atoms with Crippen LogP contribution in [0.5, 0.6) is 0 Å². The van der Waals surface area contributed by atoms with Crippen molar-refractivity contribution in [2.75, 3.05) is 39.4 Å². The van der Waals surface area contributed by atoms with Gasteiger partial charge in [-0.2, -0.15) is 5.11 Å². The molecule has 0 aromatic heterocycles. The predicted molar refractivity (Wildman–Crippen MR) is 107 cm³/mol. The van der Waals surface area contributed by atoms with E-state index < -0.39 is 0 Å². The molecule has 0 spiro atoms. The van der Waals surface area contributed by atoms with Gasteiger partial charge in [0.25, 0.3) is 0 Å². The Labute approximate surface area is 165 Å². The van der Waals surface area contributed by atoms with Gasteiger partial charge in [-0.3, -0.25) is 9.69 Å². The molecular formula is C21H25N5O2. The maximum absolute atomic E-state index is 12.7. The van der Waals surface area contributed by atoms with Crippen LogP contribution in [0, 0.1) is 0 Å². The van der Waals surface area contributed by atoms with E-state index in [9.17, 15) is 4.79 Å². The molecule has 1 atom stereocenters. The second kappa shape index (κ2) is 8.50. The Hall–Kier alpha value is -2.77. The van der Waals surface area contributed by atoms with Crippen LogP contribution in [0.4, 0.5) is 0 Å². The van der Waals surface area contributed by atoms with Crippen LogP contribution in [0.15, 0.2) is 70.3 Å². The highest BCUT2D eigenvalue weighted by Gasteiger charge is 2.35. The SMILES string of the molecule is CCN=NC(=O)C1=C(CN2CCOCC2)N2C=C(c3ccccc3)C=CC2N1. The van der Waals surface area contributed by atoms with Crippen molar-refractivity contribution in [2.45, 2.75) is 13.1 Å². The lowest BCUT2D eigenvalue weighted by Crippen LogP contribution is -2.40. The average molecular weight is 379 g/mol. The fourth-order valence-corrected chi connectivity index (χ4v) is 3.59. The number of allylic oxidation sites excluding steroid dienone is 2. The summed E-state index contributed by atoms with van der Waals surface area (Å²) >= 11 is 0. The number of fused-ring (bicyclic) bond motifs is 1. The Morgan fingerprint density at radius 1 is 1.25 bits per heavy atom. The fraction of sp³-hybridized carbons (Fsp3) is 0.381. The number of carbonyl (C=O) groups excluding carboxylic acids is 1. The van der Waals surface area contributed by atoms with Crippen LogP contribution >= 0.6 is 0 Å². The molecule has 1 aromatic carbocycles. The maximum Gasteiger partial charge on any atom is 0.313 e. The van der Waals surface area contributed by atoms with Crippen molar-refractivity contribution in [3.05, 3.63) is 65.6 Å². The zero-order valence-electron chi connectivity index (χ0n) is 16.0. The summed E-state index contributed by atoms with van der Waals surface area (Å²) in [6, 6.07) is 10.3. The summed E-state index contributed by atoms with van der Waals surface area (Å²) in [6.45, 7) is 6.16. The summed E-state index contributed by atoms with van der Waals surface area (Å²) in [4.78, 5) is 17.1. The van der Waals surface area contributed by atoms with Crippen LogP contribution in [-0.2, 0) is 9.53 Å². The number of morpholine rings is 1. The first-order chi connectivity index (χ1) is 13.8. The van der Waals surface area contributed by atoms with E-state index in [2.05, 4.69) is 55.8 Å². The van der Waals surface area contributed by atoms with Gasteiger partial charge in [-0.15, -0.1) is 5.11 Å². The first-order valence-electron chi connectivity index (χ1n) is 9.71. The molecule has 1 amide bonds. The molecule has 0 saturated carbocycles. The van der Waals surface area contributed by atoms with Crippen molar-refractivity contribution in [2.24, 2.45) is 10.2 Å². The van der Waals surface area contributed by atoms with Crippen molar-refractivity contribution in [3.8, 4) is 0 Å². The third-order valence-electron chi connectivity index (χ3n) is 5.03. The van der Waals surface area contributed by atoms with Crippen LogP contribution in [-0.4, -0.2) is 61.3 Å². The molecule has 3 aliphatic rings. The molecule has 1 aromatic rings. The van der Waals surface area contributed by atoms with Gasteiger partial charge in [-0.25, -0.2) is 0 Å². The zero-order chi connectivity index (χ0) is 19.3. The summed E-state index contributed by atoms with van der Waals surface area (Å²) in [5, 5.41) is 11.1. The smallest absolute Gasteiger partial charge is 0.313 e. The van der Waals surface area contributed by atoms with Crippen LogP contribution in [0.1, 0.15) is 12.5 Å². The Morgan fingerprint density at radius 2 is 2.04 bits per heavy atom. The average Bonchev–Trinajstić information content (AvgIpc) is 3.11. The third kappa shape index (κ3) is 3.90. The monoisotopic (exact) mass is 379 g/mol. The van der Waals surface area contributed by atoms with Gasteiger partial charge in [0.05, 0.1) is 25.5 Å². The quantitative estimate of drug-likeness (QED) is 0.796. The summed E-state index contributed by atoms with van der Waals surface area (Å²) < 4.78 is 5.46. The highest BCUT2D eigenvalue weighted by Crippen LogP contribution is 2.31. The molecule has 1 fully saturated rings. The first kappa shape index (κ1) is 18.6. The lowest BCUT2D eigenvalue weighted by molar-refractivity contribution is -0.115. The van der Waals surface area contributed by atoms with Crippen LogP contribution < -0.4 is 5.32 Å². The van der Waals surface area contributed by atoms with Crippen molar-refractivity contribution >= 4 is 11.5 Å². The van der Waals surface area contributed by atoms with Gasteiger partial charge in [0, 0.05) is 25.8 Å². The Balaban J connectivity index is 1.66. The Morgan fingerprint density at radius 3 is 2.79 bits per heavy atom. The molecule has 7 nitrogen and oxygen atoms in total. The number of rotatable bonds is 5. The van der Waals surface area contributed by atoms with E-state index >= 15 is 0 Å². The summed E-state index contributed by atoms with van der Waals surface area (Å²) in [6.07, 6.45) is 6.20. The number of amides is 1. The number of nitrogens with one attached hydrogen (secondary N) is 1. The normalized spacial score (nSPS) is 22.4. The molecule has 3 heterocycles. The Kier molecular flexibility index (Phi) is 5.64. The van der Waals surface area contributed by atoms with Crippen LogP contribution in [0.2, 0.25) is 0 Å². The Bertz CT molecular complexity index is 838. The largest absolute Gasteiger partial charge is 0.379 e. The lowest BCUT2D eigenvalue weighted by Gasteiger charge is -2.32. The number of carbonyl (C=O) groups is 1. The van der Waals surface area contributed by atoms with Gasteiger partial charge in [0.15, 0.2) is 0 Å². The summed E-state index contributed by atoms with van der Waals surface area (Å²) in [5.41, 5.74) is 3.73. The third-order valence-corrected chi connectivity index (χ3v) is 5.03. The van der Waals surface area contributed by atoms with Crippen LogP contribution in [0.3, 0.4) is 0 Å². The summed E-state index contributed by atoms with van der Waals surface area (Å²) in [5.74, 6) is -0.317. The number of benzene rings is 1. The highest BCUT2D eigenvalue weighted by molar-refractivity contribution is 5.95. The van der Waals surface area contributed by atoms with Gasteiger partial charge in [0.1, 0.15) is 11.9 Å². The number of ether oxygens (including phenoxy) is 1. The predicted octanol–water partition coefficient (Wildman–Crippen LogP) is 2.37. The van der Waals surface area contributed by atoms with E-state index in [1.165, 1.54) is 0 Å². The topological polar surface area (TPSA) is 69.5 Å². The molecule has 0 aliphatic carbocycles. The fourth-order valence-electron chi connectivity index (χ4n) is 3.59. The second-order valence-electron chi connectivity index (χ2n) is 6.88. The van der Waals surface area contributed by atoms with Gasteiger partial charge < -0.3 is 15.0 Å². The number of hydrogen-bond acceptors (Lipinski definition) is 6. The first-order valence-corrected chi connectivity index (χ1v) is 9.71. The molecule has 1 saturated heterocycles. The van der Waals surface area contributed by atoms with E-state index in [0.29, 0.717) is 32.0 Å². The van der Waals surface area contributed by atoms with Crippen LogP contribution in [0.25, 0.3) is 5.57 Å². The molecular weight excluding hydrogens is 354 g/mol. The highest BCUT2D eigenvalue weighted by atomic mass is 16.5. The molecule has 3 aliphatic heterocycles. The van der Waals surface area contributed by atoms with Gasteiger partial charge in [0.2, 0.25) is 0 Å². The standard InChI is InChI=1S/C21H25N5O2/c1-2-22-24-21(27)20-18(15-25-10-12-28-13-11-25)26-14-17(8-9-19(26)23-20)16-6-4-3-5-7-16/h3-9,14,19,23H,2,10-13,15H2,1H3. The molecule has 146 valence electrons. The molecule has 1 N–H and O–H groups in total. The van der Waals surface area contributed by atoms with E-state index in [1.54, 1.807) is 0 Å². The van der Waals surface area contributed by atoms with Crippen molar-refractivity contribution in [3.63, 3.8) is 0 Å². The van der Waals surface area contributed by atoms with Crippen molar-refractivity contribution in [1.82, 2.24) is 15.1 Å². The number of hydrogen-bond donors (Lipinski definition) is 1. The summed E-state index contributed by atoms with van der Waals surface area (Å²) in [7, 11) is 0. The minimum atomic E-state index is -0.317. The van der Waals surface area contributed by atoms with Gasteiger partial charge >= 0.3 is 5.91 Å². The van der Waals surface area contributed by atoms with Crippen molar-refractivity contribution in [1.29, 1.82) is 0 Å².